The van der Waals surface area contributed by atoms with Gasteiger partial charge in [0.2, 0.25) is 5.13 Å². The summed E-state index contributed by atoms with van der Waals surface area (Å²) in [5.41, 5.74) is 7.36. The van der Waals surface area contributed by atoms with Crippen LogP contribution in [0, 0.1) is 13.8 Å². The van der Waals surface area contributed by atoms with Gasteiger partial charge in [-0.2, -0.15) is 5.10 Å². The summed E-state index contributed by atoms with van der Waals surface area (Å²) in [6, 6.07) is 16.1. The molecule has 0 aliphatic heterocycles. The van der Waals surface area contributed by atoms with Crippen molar-refractivity contribution in [2.75, 3.05) is 5.43 Å². The predicted octanol–water partition coefficient (Wildman–Crippen LogP) is 4.78. The van der Waals surface area contributed by atoms with Gasteiger partial charge in [-0.3, -0.25) is 5.43 Å². The summed E-state index contributed by atoms with van der Waals surface area (Å²) in [4.78, 5) is 4.29. The van der Waals surface area contributed by atoms with Crippen molar-refractivity contribution in [2.45, 2.75) is 20.5 Å². The van der Waals surface area contributed by atoms with E-state index < -0.39 is 0 Å². The van der Waals surface area contributed by atoms with Gasteiger partial charge in [-0.25, -0.2) is 4.98 Å². The minimum absolute atomic E-state index is 0.574. The van der Waals surface area contributed by atoms with E-state index in [9.17, 15) is 0 Å². The number of nitrogens with one attached hydrogen (secondary N) is 1. The second-order valence-corrected chi connectivity index (χ2v) is 6.31. The molecule has 0 saturated carbocycles. The molecule has 0 amide bonds. The molecule has 0 fully saturated rings. The van der Waals surface area contributed by atoms with Crippen LogP contribution >= 0.6 is 11.3 Å². The third-order valence-corrected chi connectivity index (χ3v) is 4.39. The predicted molar refractivity (Wildman–Crippen MR) is 100 cm³/mol. The van der Waals surface area contributed by atoms with Crippen molar-refractivity contribution in [3.8, 4) is 5.75 Å². The molecule has 5 heteroatoms. The maximum atomic E-state index is 5.84. The lowest BCUT2D eigenvalue weighted by molar-refractivity contribution is 0.305. The molecular weight excluding hydrogens is 318 g/mol. The first kappa shape index (κ1) is 16.2. The summed E-state index contributed by atoms with van der Waals surface area (Å²) < 4.78 is 5.84. The number of rotatable bonds is 6. The van der Waals surface area contributed by atoms with Gasteiger partial charge in [0.05, 0.1) is 11.9 Å². The highest BCUT2D eigenvalue weighted by Crippen LogP contribution is 2.16. The van der Waals surface area contributed by atoms with Crippen LogP contribution in [0.15, 0.2) is 59.0 Å². The van der Waals surface area contributed by atoms with E-state index in [1.807, 2.05) is 48.7 Å². The molecule has 0 unspecified atom stereocenters. The molecule has 0 atom stereocenters. The summed E-state index contributed by atoms with van der Waals surface area (Å²) in [7, 11) is 0. The topological polar surface area (TPSA) is 46.5 Å². The van der Waals surface area contributed by atoms with Gasteiger partial charge < -0.3 is 4.74 Å². The number of ether oxygens (including phenoxy) is 1. The first-order chi connectivity index (χ1) is 11.7. The number of anilines is 1. The minimum atomic E-state index is 0.574. The van der Waals surface area contributed by atoms with Crippen molar-refractivity contribution < 1.29 is 4.74 Å². The van der Waals surface area contributed by atoms with E-state index >= 15 is 0 Å². The molecule has 4 nitrogen and oxygen atoms in total. The van der Waals surface area contributed by atoms with E-state index in [2.05, 4.69) is 34.6 Å². The van der Waals surface area contributed by atoms with Crippen LogP contribution in [0.2, 0.25) is 0 Å². The lowest BCUT2D eigenvalue weighted by atomic mass is 10.1. The fourth-order valence-corrected chi connectivity index (χ4v) is 2.79. The van der Waals surface area contributed by atoms with Gasteiger partial charge in [-0.15, -0.1) is 11.3 Å². The molecule has 2 aromatic carbocycles. The Hall–Kier alpha value is -2.66. The lowest BCUT2D eigenvalue weighted by Crippen LogP contribution is -1.97. The fraction of sp³-hybridized carbons (Fsp3) is 0.158. The second kappa shape index (κ2) is 7.75. The molecule has 0 radical (unpaired) electrons. The Balaban J connectivity index is 1.54. The van der Waals surface area contributed by atoms with Crippen molar-refractivity contribution in [1.29, 1.82) is 0 Å². The molecule has 0 bridgehead atoms. The second-order valence-electron chi connectivity index (χ2n) is 5.45. The zero-order chi connectivity index (χ0) is 16.8. The SMILES string of the molecule is Cc1csc(NN=Cc2ccc(OCc3ccccc3C)cc2)n1. The van der Waals surface area contributed by atoms with Crippen LogP contribution < -0.4 is 10.2 Å². The molecule has 1 N–H and O–H groups in total. The van der Waals surface area contributed by atoms with E-state index in [1.54, 1.807) is 6.21 Å². The van der Waals surface area contributed by atoms with E-state index in [-0.39, 0.29) is 0 Å². The first-order valence-corrected chi connectivity index (χ1v) is 8.57. The average Bonchev–Trinajstić information content (AvgIpc) is 3.01. The van der Waals surface area contributed by atoms with E-state index in [0.29, 0.717) is 6.61 Å². The van der Waals surface area contributed by atoms with Crippen molar-refractivity contribution in [3.05, 3.63) is 76.3 Å². The van der Waals surface area contributed by atoms with Gasteiger partial charge in [-0.05, 0) is 54.8 Å². The van der Waals surface area contributed by atoms with Gasteiger partial charge >= 0.3 is 0 Å². The highest BCUT2D eigenvalue weighted by molar-refractivity contribution is 7.13. The summed E-state index contributed by atoms with van der Waals surface area (Å²) in [6.07, 6.45) is 1.77. The Bertz CT molecular complexity index is 825. The van der Waals surface area contributed by atoms with E-state index in [1.165, 1.54) is 22.5 Å². The molecule has 3 aromatic rings. The molecule has 0 aliphatic rings. The number of aromatic nitrogens is 1. The Morgan fingerprint density at radius 3 is 2.62 bits per heavy atom. The zero-order valence-corrected chi connectivity index (χ0v) is 14.5. The number of nitrogens with zero attached hydrogens (tertiary/aromatic N) is 2. The van der Waals surface area contributed by atoms with Crippen LogP contribution in [0.25, 0.3) is 0 Å². The molecule has 122 valence electrons. The normalized spacial score (nSPS) is 10.9. The largest absolute Gasteiger partial charge is 0.489 e. The number of hydrogen-bond donors (Lipinski definition) is 1. The van der Waals surface area contributed by atoms with Gasteiger partial charge in [0.25, 0.3) is 0 Å². The van der Waals surface area contributed by atoms with E-state index in [0.717, 1.165) is 22.1 Å². The third kappa shape index (κ3) is 4.43. The Morgan fingerprint density at radius 2 is 1.92 bits per heavy atom. The smallest absolute Gasteiger partial charge is 0.203 e. The maximum Gasteiger partial charge on any atom is 0.203 e. The van der Waals surface area contributed by atoms with E-state index in [4.69, 9.17) is 4.74 Å². The Morgan fingerprint density at radius 1 is 1.12 bits per heavy atom. The van der Waals surface area contributed by atoms with Crippen molar-refractivity contribution in [2.24, 2.45) is 5.10 Å². The maximum absolute atomic E-state index is 5.84. The lowest BCUT2D eigenvalue weighted by Gasteiger charge is -2.08. The highest BCUT2D eigenvalue weighted by Gasteiger charge is 1.99. The molecule has 1 aromatic heterocycles. The molecule has 0 saturated heterocycles. The Kier molecular flexibility index (Phi) is 5.23. The summed E-state index contributed by atoms with van der Waals surface area (Å²) in [5, 5.41) is 6.97. The highest BCUT2D eigenvalue weighted by atomic mass is 32.1. The quantitative estimate of drug-likeness (QED) is 0.520. The summed E-state index contributed by atoms with van der Waals surface area (Å²) in [5.74, 6) is 0.846. The van der Waals surface area contributed by atoms with Crippen LogP contribution in [0.4, 0.5) is 5.13 Å². The minimum Gasteiger partial charge on any atom is -0.489 e. The van der Waals surface area contributed by atoms with Gasteiger partial charge in [0, 0.05) is 5.38 Å². The molecule has 24 heavy (non-hydrogen) atoms. The monoisotopic (exact) mass is 337 g/mol. The first-order valence-electron chi connectivity index (χ1n) is 7.69. The van der Waals surface area contributed by atoms with Gasteiger partial charge in [-0.1, -0.05) is 24.3 Å². The number of aryl methyl sites for hydroxylation is 2. The van der Waals surface area contributed by atoms with Crippen molar-refractivity contribution >= 4 is 22.7 Å². The fourth-order valence-electron chi connectivity index (χ4n) is 2.15. The summed E-state index contributed by atoms with van der Waals surface area (Å²) >= 11 is 1.54. The number of benzene rings is 2. The molecule has 0 spiro atoms. The molecule has 3 rings (SSSR count). The molecule has 1 heterocycles. The number of hydrogen-bond acceptors (Lipinski definition) is 5. The number of thiazole rings is 1. The van der Waals surface area contributed by atoms with Crippen molar-refractivity contribution in [3.63, 3.8) is 0 Å². The Labute approximate surface area is 145 Å². The third-order valence-electron chi connectivity index (χ3n) is 3.53. The number of hydrazone groups is 1. The van der Waals surface area contributed by atoms with Crippen LogP contribution in [-0.4, -0.2) is 11.2 Å². The molecular formula is C19H19N3OS. The van der Waals surface area contributed by atoms with Crippen LogP contribution in [0.1, 0.15) is 22.4 Å². The summed E-state index contributed by atoms with van der Waals surface area (Å²) in [6.45, 7) is 4.63. The van der Waals surface area contributed by atoms with Crippen LogP contribution in [0.3, 0.4) is 0 Å². The zero-order valence-electron chi connectivity index (χ0n) is 13.7. The van der Waals surface area contributed by atoms with Gasteiger partial charge in [0.15, 0.2) is 0 Å². The van der Waals surface area contributed by atoms with Crippen LogP contribution in [0.5, 0.6) is 5.75 Å². The van der Waals surface area contributed by atoms with Crippen LogP contribution in [-0.2, 0) is 6.61 Å². The van der Waals surface area contributed by atoms with Gasteiger partial charge in [0.1, 0.15) is 12.4 Å². The van der Waals surface area contributed by atoms with Crippen molar-refractivity contribution in [1.82, 2.24) is 4.98 Å². The molecule has 0 aliphatic carbocycles. The average molecular weight is 337 g/mol. The standard InChI is InChI=1S/C19H19N3OS/c1-14-5-3-4-6-17(14)12-23-18-9-7-16(8-10-18)11-20-22-19-21-15(2)13-24-19/h3-11,13H,12H2,1-2H3,(H,21,22).